The zero-order valence-electron chi connectivity index (χ0n) is 16.4. The smallest absolute Gasteiger partial charge is 0.335 e. The fraction of sp³-hybridized carbons (Fsp3) is 0.136. The minimum atomic E-state index is -1.90. The minimum Gasteiger partial charge on any atom is -0.478 e. The Hall–Kier alpha value is -2.58. The third-order valence-corrected chi connectivity index (χ3v) is 5.40. The lowest BCUT2D eigenvalue weighted by Crippen LogP contribution is -2.56. The van der Waals surface area contributed by atoms with Gasteiger partial charge in [0.15, 0.2) is 5.11 Å². The third-order valence-electron chi connectivity index (χ3n) is 4.53. The Morgan fingerprint density at radius 1 is 0.938 bits per heavy atom. The van der Waals surface area contributed by atoms with Crippen molar-refractivity contribution < 1.29 is 14.7 Å². The molecule has 0 saturated heterocycles. The predicted molar refractivity (Wildman–Crippen MR) is 133 cm³/mol. The SMILES string of the molecule is O=C(Cc1cccc2ccccc12)NC(NC(=S)Nc1ccc(C(=O)O)cc1)C(Cl)(Cl)Cl. The molecule has 10 heteroatoms. The molecule has 0 heterocycles. The molecule has 1 amide bonds. The molecule has 166 valence electrons. The zero-order valence-corrected chi connectivity index (χ0v) is 19.5. The molecule has 3 aromatic carbocycles. The predicted octanol–water partition coefficient (Wildman–Crippen LogP) is 4.88. The van der Waals surface area contributed by atoms with E-state index in [1.54, 1.807) is 12.1 Å². The topological polar surface area (TPSA) is 90.5 Å². The fourth-order valence-electron chi connectivity index (χ4n) is 3.03. The van der Waals surface area contributed by atoms with E-state index in [1.165, 1.54) is 12.1 Å². The Kier molecular flexibility index (Phi) is 7.79. The Morgan fingerprint density at radius 2 is 1.59 bits per heavy atom. The second kappa shape index (κ2) is 10.4. The van der Waals surface area contributed by atoms with Gasteiger partial charge in [0.25, 0.3) is 0 Å². The van der Waals surface area contributed by atoms with Gasteiger partial charge in [0.05, 0.1) is 12.0 Å². The molecule has 1 unspecified atom stereocenters. The van der Waals surface area contributed by atoms with Crippen LogP contribution in [-0.4, -0.2) is 32.1 Å². The third kappa shape index (κ3) is 6.46. The molecular weight excluding hydrogens is 493 g/mol. The van der Waals surface area contributed by atoms with Crippen LogP contribution in [0.15, 0.2) is 66.7 Å². The molecule has 0 aliphatic carbocycles. The highest BCUT2D eigenvalue weighted by atomic mass is 35.6. The Morgan fingerprint density at radius 3 is 2.25 bits per heavy atom. The summed E-state index contributed by atoms with van der Waals surface area (Å²) in [5.41, 5.74) is 1.50. The highest BCUT2D eigenvalue weighted by molar-refractivity contribution is 7.80. The van der Waals surface area contributed by atoms with Crippen LogP contribution in [0.2, 0.25) is 0 Å². The van der Waals surface area contributed by atoms with Gasteiger partial charge in [-0.1, -0.05) is 77.3 Å². The van der Waals surface area contributed by atoms with E-state index in [0.717, 1.165) is 16.3 Å². The average Bonchev–Trinajstić information content (AvgIpc) is 2.73. The number of carbonyl (C=O) groups excluding carboxylic acids is 1. The molecule has 0 bridgehead atoms. The van der Waals surface area contributed by atoms with Gasteiger partial charge in [-0.2, -0.15) is 0 Å². The number of halogens is 3. The number of carboxylic acids is 1. The van der Waals surface area contributed by atoms with E-state index < -0.39 is 15.9 Å². The van der Waals surface area contributed by atoms with Gasteiger partial charge in [-0.3, -0.25) is 4.79 Å². The summed E-state index contributed by atoms with van der Waals surface area (Å²) in [5.74, 6) is -1.40. The number of rotatable bonds is 6. The molecule has 32 heavy (non-hydrogen) atoms. The lowest BCUT2D eigenvalue weighted by Gasteiger charge is -2.28. The van der Waals surface area contributed by atoms with E-state index in [-0.39, 0.29) is 23.0 Å². The molecule has 0 fully saturated rings. The van der Waals surface area contributed by atoms with Crippen molar-refractivity contribution >= 4 is 80.5 Å². The van der Waals surface area contributed by atoms with E-state index in [0.29, 0.717) is 5.69 Å². The normalized spacial score (nSPS) is 12.1. The number of anilines is 1. The monoisotopic (exact) mass is 509 g/mol. The quantitative estimate of drug-likeness (QED) is 0.215. The molecule has 0 radical (unpaired) electrons. The molecule has 3 aromatic rings. The average molecular weight is 511 g/mol. The van der Waals surface area contributed by atoms with Gasteiger partial charge in [0, 0.05) is 5.69 Å². The van der Waals surface area contributed by atoms with Crippen LogP contribution in [0, 0.1) is 0 Å². The van der Waals surface area contributed by atoms with E-state index in [9.17, 15) is 9.59 Å². The molecule has 0 saturated carbocycles. The summed E-state index contributed by atoms with van der Waals surface area (Å²) >= 11 is 23.4. The van der Waals surface area contributed by atoms with Crippen molar-refractivity contribution in [2.45, 2.75) is 16.4 Å². The van der Waals surface area contributed by atoms with Gasteiger partial charge in [-0.25, -0.2) is 4.79 Å². The number of hydrogen-bond donors (Lipinski definition) is 4. The first kappa shape index (κ1) is 24.1. The number of carbonyl (C=O) groups is 2. The summed E-state index contributed by atoms with van der Waals surface area (Å²) in [7, 11) is 0. The number of alkyl halides is 3. The van der Waals surface area contributed by atoms with Crippen molar-refractivity contribution in [1.82, 2.24) is 10.6 Å². The summed E-state index contributed by atoms with van der Waals surface area (Å²) in [5, 5.41) is 19.3. The molecule has 0 aliphatic heterocycles. The molecule has 0 aromatic heterocycles. The van der Waals surface area contributed by atoms with E-state index in [2.05, 4.69) is 16.0 Å². The van der Waals surface area contributed by atoms with Crippen molar-refractivity contribution in [1.29, 1.82) is 0 Å². The number of carboxylic acid groups (broad SMARTS) is 1. The molecule has 1 atom stereocenters. The van der Waals surface area contributed by atoms with E-state index in [4.69, 9.17) is 52.1 Å². The summed E-state index contributed by atoms with van der Waals surface area (Å²) in [4.78, 5) is 23.7. The van der Waals surface area contributed by atoms with Crippen molar-refractivity contribution in [2.75, 3.05) is 5.32 Å². The van der Waals surface area contributed by atoms with Gasteiger partial charge in [-0.15, -0.1) is 0 Å². The number of aromatic carboxylic acids is 1. The highest BCUT2D eigenvalue weighted by Crippen LogP contribution is 2.29. The maximum Gasteiger partial charge on any atom is 0.335 e. The number of hydrogen-bond acceptors (Lipinski definition) is 3. The Balaban J connectivity index is 1.66. The van der Waals surface area contributed by atoms with Crippen LogP contribution in [0.1, 0.15) is 15.9 Å². The second-order valence-electron chi connectivity index (χ2n) is 6.84. The number of amides is 1. The molecule has 6 nitrogen and oxygen atoms in total. The Bertz CT molecular complexity index is 1150. The summed E-state index contributed by atoms with van der Waals surface area (Å²) < 4.78 is -1.90. The van der Waals surface area contributed by atoms with Gasteiger partial charge < -0.3 is 21.1 Å². The first-order valence-electron chi connectivity index (χ1n) is 9.37. The van der Waals surface area contributed by atoms with Crippen LogP contribution < -0.4 is 16.0 Å². The van der Waals surface area contributed by atoms with E-state index >= 15 is 0 Å². The van der Waals surface area contributed by atoms with Crippen molar-refractivity contribution in [3.8, 4) is 0 Å². The van der Waals surface area contributed by atoms with Crippen LogP contribution in [0.4, 0.5) is 5.69 Å². The van der Waals surface area contributed by atoms with Crippen molar-refractivity contribution in [3.05, 3.63) is 77.9 Å². The number of nitrogens with one attached hydrogen (secondary N) is 3. The standard InChI is InChI=1S/C22H18Cl3N3O3S/c23-22(24,25)20(28-21(32)26-16-10-8-14(9-11-16)19(30)31)27-18(29)12-15-6-3-5-13-4-1-2-7-17(13)15/h1-11,20H,12H2,(H,27,29)(H,30,31)(H2,26,28,32). The van der Waals surface area contributed by atoms with Crippen LogP contribution >= 0.6 is 47.0 Å². The summed E-state index contributed by atoms with van der Waals surface area (Å²) in [6.07, 6.45) is -1.04. The summed E-state index contributed by atoms with van der Waals surface area (Å²) in [6, 6.07) is 19.4. The molecular formula is C22H18Cl3N3O3S. The Labute approximate surface area is 204 Å². The molecule has 3 rings (SSSR count). The van der Waals surface area contributed by atoms with Crippen LogP contribution in [0.25, 0.3) is 10.8 Å². The van der Waals surface area contributed by atoms with E-state index in [1.807, 2.05) is 42.5 Å². The van der Waals surface area contributed by atoms with Crippen molar-refractivity contribution in [3.63, 3.8) is 0 Å². The number of benzene rings is 3. The molecule has 0 aliphatic rings. The minimum absolute atomic E-state index is 0.0786. The van der Waals surface area contributed by atoms with Crippen LogP contribution in [0.5, 0.6) is 0 Å². The fourth-order valence-corrected chi connectivity index (χ4v) is 3.59. The van der Waals surface area contributed by atoms with Gasteiger partial charge in [0.2, 0.25) is 9.70 Å². The lowest BCUT2D eigenvalue weighted by atomic mass is 10.0. The molecule has 4 N–H and O–H groups in total. The summed E-state index contributed by atoms with van der Waals surface area (Å²) in [6.45, 7) is 0. The largest absolute Gasteiger partial charge is 0.478 e. The maximum absolute atomic E-state index is 12.7. The first-order chi connectivity index (χ1) is 15.1. The van der Waals surface area contributed by atoms with Crippen LogP contribution in [-0.2, 0) is 11.2 Å². The van der Waals surface area contributed by atoms with Gasteiger partial charge in [-0.05, 0) is 52.8 Å². The second-order valence-corrected chi connectivity index (χ2v) is 9.62. The lowest BCUT2D eigenvalue weighted by molar-refractivity contribution is -0.121. The van der Waals surface area contributed by atoms with Crippen LogP contribution in [0.3, 0.4) is 0 Å². The van der Waals surface area contributed by atoms with Gasteiger partial charge in [0.1, 0.15) is 6.17 Å². The maximum atomic E-state index is 12.7. The molecule has 0 spiro atoms. The van der Waals surface area contributed by atoms with Crippen molar-refractivity contribution in [2.24, 2.45) is 0 Å². The first-order valence-corrected chi connectivity index (χ1v) is 10.9. The van der Waals surface area contributed by atoms with Gasteiger partial charge >= 0.3 is 5.97 Å². The number of fused-ring (bicyclic) bond motifs is 1. The zero-order chi connectivity index (χ0) is 23.3. The number of thiocarbonyl (C=S) groups is 1. The highest BCUT2D eigenvalue weighted by Gasteiger charge is 2.34.